The normalized spacial score (nSPS) is 12.0. The molecule has 1 amide bonds. The molecule has 2 aromatic carbocycles. The summed E-state index contributed by atoms with van der Waals surface area (Å²) in [7, 11) is 0. The molecule has 0 heterocycles. The van der Waals surface area contributed by atoms with E-state index >= 15 is 0 Å². The topological polar surface area (TPSA) is 49.3 Å². The van der Waals surface area contributed by atoms with Crippen LogP contribution in [0.25, 0.3) is 0 Å². The molecule has 0 bridgehead atoms. The zero-order valence-corrected chi connectivity index (χ0v) is 12.7. The van der Waals surface area contributed by atoms with Crippen LogP contribution in [0.2, 0.25) is 10.0 Å². The number of carbonyl (C=O) groups excluding carboxylic acids is 1. The summed E-state index contributed by atoms with van der Waals surface area (Å²) in [5, 5.41) is 13.2. The van der Waals surface area contributed by atoms with E-state index in [0.29, 0.717) is 6.42 Å². The van der Waals surface area contributed by atoms with Crippen molar-refractivity contribution >= 4 is 29.1 Å². The Kier molecular flexibility index (Phi) is 5.62. The summed E-state index contributed by atoms with van der Waals surface area (Å²) in [6.07, 6.45) is -0.199. The molecule has 0 fully saturated rings. The average Bonchev–Trinajstić information content (AvgIpc) is 2.46. The molecule has 0 aliphatic heterocycles. The lowest BCUT2D eigenvalue weighted by Crippen LogP contribution is -2.33. The molecule has 1 unspecified atom stereocenters. The molecule has 2 aromatic rings. The Labute approximate surface area is 133 Å². The summed E-state index contributed by atoms with van der Waals surface area (Å²) < 4.78 is 0. The van der Waals surface area contributed by atoms with E-state index in [9.17, 15) is 9.90 Å². The zero-order chi connectivity index (χ0) is 15.2. The summed E-state index contributed by atoms with van der Waals surface area (Å²) >= 11 is 11.9. The van der Waals surface area contributed by atoms with Crippen molar-refractivity contribution in [2.75, 3.05) is 6.54 Å². The van der Waals surface area contributed by atoms with Gasteiger partial charge in [0.1, 0.15) is 0 Å². The first-order valence-corrected chi connectivity index (χ1v) is 7.27. The number of hydrogen-bond donors (Lipinski definition) is 2. The number of aliphatic hydroxyl groups is 1. The quantitative estimate of drug-likeness (QED) is 0.886. The smallest absolute Gasteiger partial charge is 0.254 e. The van der Waals surface area contributed by atoms with Gasteiger partial charge < -0.3 is 10.4 Å². The van der Waals surface area contributed by atoms with Gasteiger partial charge in [0.05, 0.1) is 21.7 Å². The fraction of sp³-hybridized carbons (Fsp3) is 0.188. The molecular formula is C16H15Cl2NO2. The van der Waals surface area contributed by atoms with E-state index in [-0.39, 0.29) is 22.2 Å². The van der Waals surface area contributed by atoms with E-state index in [1.807, 2.05) is 30.3 Å². The highest BCUT2D eigenvalue weighted by Gasteiger charge is 2.15. The molecule has 0 spiro atoms. The van der Waals surface area contributed by atoms with E-state index in [1.165, 1.54) is 0 Å². The van der Waals surface area contributed by atoms with Gasteiger partial charge in [0.25, 0.3) is 5.91 Å². The minimum Gasteiger partial charge on any atom is -0.391 e. The van der Waals surface area contributed by atoms with Gasteiger partial charge in [-0.3, -0.25) is 4.79 Å². The van der Waals surface area contributed by atoms with E-state index < -0.39 is 12.0 Å². The van der Waals surface area contributed by atoms with Gasteiger partial charge in [-0.15, -0.1) is 0 Å². The Morgan fingerprint density at radius 2 is 1.67 bits per heavy atom. The molecule has 21 heavy (non-hydrogen) atoms. The maximum absolute atomic E-state index is 12.1. The third kappa shape index (κ3) is 4.46. The molecule has 0 aliphatic carbocycles. The van der Waals surface area contributed by atoms with Crippen molar-refractivity contribution < 1.29 is 9.90 Å². The lowest BCUT2D eigenvalue weighted by Gasteiger charge is -2.13. The largest absolute Gasteiger partial charge is 0.391 e. The van der Waals surface area contributed by atoms with Crippen LogP contribution in [0.15, 0.2) is 48.5 Å². The third-order valence-corrected chi connectivity index (χ3v) is 3.63. The second-order valence-corrected chi connectivity index (χ2v) is 5.46. The highest BCUT2D eigenvalue weighted by Crippen LogP contribution is 2.23. The van der Waals surface area contributed by atoms with Crippen LogP contribution in [0.1, 0.15) is 15.9 Å². The molecule has 0 saturated carbocycles. The maximum Gasteiger partial charge on any atom is 0.254 e. The van der Waals surface area contributed by atoms with Crippen LogP contribution in [0.4, 0.5) is 0 Å². The van der Waals surface area contributed by atoms with Crippen LogP contribution < -0.4 is 5.32 Å². The number of aliphatic hydroxyl groups excluding tert-OH is 1. The van der Waals surface area contributed by atoms with Gasteiger partial charge >= 0.3 is 0 Å². The standard InChI is InChI=1S/C16H15Cl2NO2/c17-13-7-4-8-14(18)15(13)16(21)19-10-12(20)9-11-5-2-1-3-6-11/h1-8,12,20H,9-10H2,(H,19,21). The predicted molar refractivity (Wildman–Crippen MR) is 84.9 cm³/mol. The maximum atomic E-state index is 12.1. The van der Waals surface area contributed by atoms with E-state index in [4.69, 9.17) is 23.2 Å². The van der Waals surface area contributed by atoms with E-state index in [0.717, 1.165) is 5.56 Å². The fourth-order valence-electron chi connectivity index (χ4n) is 1.97. The predicted octanol–water partition coefficient (Wildman–Crippen LogP) is 3.33. The minimum absolute atomic E-state index is 0.134. The second-order valence-electron chi connectivity index (χ2n) is 4.65. The molecule has 2 rings (SSSR count). The molecule has 0 saturated heterocycles. The van der Waals surface area contributed by atoms with Crippen LogP contribution in [-0.2, 0) is 6.42 Å². The summed E-state index contributed by atoms with van der Waals surface area (Å²) in [5.74, 6) is -0.391. The average molecular weight is 324 g/mol. The number of nitrogens with one attached hydrogen (secondary N) is 1. The Morgan fingerprint density at radius 1 is 1.05 bits per heavy atom. The van der Waals surface area contributed by atoms with Crippen LogP contribution in [0, 0.1) is 0 Å². The van der Waals surface area contributed by atoms with Gasteiger partial charge in [-0.05, 0) is 17.7 Å². The van der Waals surface area contributed by atoms with Crippen LogP contribution in [-0.4, -0.2) is 23.7 Å². The molecule has 0 aliphatic rings. The highest BCUT2D eigenvalue weighted by molar-refractivity contribution is 6.39. The van der Waals surface area contributed by atoms with Gasteiger partial charge in [-0.2, -0.15) is 0 Å². The molecule has 1 atom stereocenters. The Hall–Kier alpha value is -1.55. The summed E-state index contributed by atoms with van der Waals surface area (Å²) in [6.45, 7) is 0.134. The monoisotopic (exact) mass is 323 g/mol. The minimum atomic E-state index is -0.669. The van der Waals surface area contributed by atoms with E-state index in [2.05, 4.69) is 5.32 Å². The van der Waals surface area contributed by atoms with Crippen LogP contribution >= 0.6 is 23.2 Å². The molecule has 0 radical (unpaired) electrons. The molecule has 2 N–H and O–H groups in total. The Balaban J connectivity index is 1.92. The third-order valence-electron chi connectivity index (χ3n) is 3.00. The number of benzene rings is 2. The van der Waals surface area contributed by atoms with Crippen molar-refractivity contribution in [1.29, 1.82) is 0 Å². The Bertz CT molecular complexity index is 597. The van der Waals surface area contributed by atoms with Crippen LogP contribution in [0.3, 0.4) is 0 Å². The number of carbonyl (C=O) groups is 1. The number of hydrogen-bond acceptors (Lipinski definition) is 2. The number of rotatable bonds is 5. The zero-order valence-electron chi connectivity index (χ0n) is 11.2. The Morgan fingerprint density at radius 3 is 2.29 bits per heavy atom. The molecule has 0 aromatic heterocycles. The van der Waals surface area contributed by atoms with Crippen molar-refractivity contribution in [2.24, 2.45) is 0 Å². The van der Waals surface area contributed by atoms with Crippen molar-refractivity contribution in [2.45, 2.75) is 12.5 Å². The fourth-order valence-corrected chi connectivity index (χ4v) is 2.54. The number of halogens is 2. The van der Waals surface area contributed by atoms with Gasteiger partial charge in [0, 0.05) is 13.0 Å². The van der Waals surface area contributed by atoms with Crippen molar-refractivity contribution in [1.82, 2.24) is 5.32 Å². The molecule has 3 nitrogen and oxygen atoms in total. The first kappa shape index (κ1) is 15.8. The molecule has 5 heteroatoms. The lowest BCUT2D eigenvalue weighted by atomic mass is 10.1. The van der Waals surface area contributed by atoms with Gasteiger partial charge in [0.15, 0.2) is 0 Å². The molecule has 110 valence electrons. The first-order valence-electron chi connectivity index (χ1n) is 6.52. The number of amides is 1. The molecular weight excluding hydrogens is 309 g/mol. The highest BCUT2D eigenvalue weighted by atomic mass is 35.5. The van der Waals surface area contributed by atoms with Crippen LogP contribution in [0.5, 0.6) is 0 Å². The summed E-state index contributed by atoms with van der Waals surface area (Å²) in [6, 6.07) is 14.5. The van der Waals surface area contributed by atoms with Gasteiger partial charge in [0.2, 0.25) is 0 Å². The summed E-state index contributed by atoms with van der Waals surface area (Å²) in [5.41, 5.74) is 1.24. The SMILES string of the molecule is O=C(NCC(O)Cc1ccccc1)c1c(Cl)cccc1Cl. The van der Waals surface area contributed by atoms with Crippen molar-refractivity contribution in [3.63, 3.8) is 0 Å². The lowest BCUT2D eigenvalue weighted by molar-refractivity contribution is 0.0916. The van der Waals surface area contributed by atoms with Crippen molar-refractivity contribution in [3.05, 3.63) is 69.7 Å². The summed E-state index contributed by atoms with van der Waals surface area (Å²) in [4.78, 5) is 12.1. The van der Waals surface area contributed by atoms with E-state index in [1.54, 1.807) is 18.2 Å². The van der Waals surface area contributed by atoms with Gasteiger partial charge in [-0.25, -0.2) is 0 Å². The first-order chi connectivity index (χ1) is 10.1. The van der Waals surface area contributed by atoms with Gasteiger partial charge in [-0.1, -0.05) is 59.6 Å². The second kappa shape index (κ2) is 7.46. The van der Waals surface area contributed by atoms with Crippen molar-refractivity contribution in [3.8, 4) is 0 Å².